The lowest BCUT2D eigenvalue weighted by Gasteiger charge is -2.27. The fraction of sp³-hybridized carbons (Fsp3) is 0.318. The molecular formula is C22H23ClN4O3. The van der Waals surface area contributed by atoms with E-state index in [1.807, 2.05) is 32.1 Å². The van der Waals surface area contributed by atoms with E-state index in [1.165, 1.54) is 6.20 Å². The number of carbonyl (C=O) groups is 1. The lowest BCUT2D eigenvalue weighted by atomic mass is 10.1. The molecule has 1 saturated heterocycles. The predicted molar refractivity (Wildman–Crippen MR) is 117 cm³/mol. The summed E-state index contributed by atoms with van der Waals surface area (Å²) in [6.45, 7) is 6.39. The van der Waals surface area contributed by atoms with E-state index >= 15 is 0 Å². The smallest absolute Gasteiger partial charge is 0.275 e. The highest BCUT2D eigenvalue weighted by Crippen LogP contribution is 2.29. The monoisotopic (exact) mass is 426 g/mol. The molecule has 156 valence electrons. The Morgan fingerprint density at radius 1 is 1.33 bits per heavy atom. The highest BCUT2D eigenvalue weighted by atomic mass is 35.5. The molecule has 0 atom stereocenters. The molecule has 0 radical (unpaired) electrons. The van der Waals surface area contributed by atoms with Crippen molar-refractivity contribution in [1.29, 1.82) is 0 Å². The first-order chi connectivity index (χ1) is 14.5. The maximum absolute atomic E-state index is 12.8. The first-order valence-electron chi connectivity index (χ1n) is 9.86. The number of amides is 1. The van der Waals surface area contributed by atoms with Crippen molar-refractivity contribution in [2.45, 2.75) is 20.4 Å². The number of rotatable bonds is 4. The average Bonchev–Trinajstić information content (AvgIpc) is 3.15. The highest BCUT2D eigenvalue weighted by molar-refractivity contribution is 6.34. The fourth-order valence-corrected chi connectivity index (χ4v) is 3.86. The van der Waals surface area contributed by atoms with Crippen LogP contribution in [0.15, 0.2) is 41.5 Å². The van der Waals surface area contributed by atoms with Crippen LogP contribution in [0.4, 0.5) is 0 Å². The number of aryl methyl sites for hydroxylation is 1. The fourth-order valence-electron chi connectivity index (χ4n) is 3.63. The number of aromatic amines is 1. The lowest BCUT2D eigenvalue weighted by Crippen LogP contribution is -2.40. The van der Waals surface area contributed by atoms with E-state index in [1.54, 1.807) is 21.7 Å². The molecule has 0 unspecified atom stereocenters. The molecule has 8 heteroatoms. The number of allylic oxidation sites excluding steroid dienone is 2. The summed E-state index contributed by atoms with van der Waals surface area (Å²) in [6, 6.07) is 3.62. The van der Waals surface area contributed by atoms with Crippen molar-refractivity contribution in [2.75, 3.05) is 26.3 Å². The third-order valence-corrected chi connectivity index (χ3v) is 5.51. The van der Waals surface area contributed by atoms with Crippen molar-refractivity contribution in [3.05, 3.63) is 63.3 Å². The standard InChI is InChI=1S/C22H23ClN4O3/c1-3-4-5-27-13-17(15-10-14(2)25-20(15)22(27)29)19-11-18(23)16(12-24-19)21(28)26-6-8-30-9-7-26/h3-4,10-13,25H,5-9H2,1-2H3. The first kappa shape index (κ1) is 20.4. The Labute approximate surface area is 178 Å². The van der Waals surface area contributed by atoms with E-state index in [0.717, 1.165) is 16.6 Å². The molecule has 0 aromatic carbocycles. The molecule has 1 aliphatic heterocycles. The zero-order valence-corrected chi connectivity index (χ0v) is 17.7. The molecule has 3 aromatic rings. The number of halogens is 1. The highest BCUT2D eigenvalue weighted by Gasteiger charge is 2.22. The number of fused-ring (bicyclic) bond motifs is 1. The maximum Gasteiger partial charge on any atom is 0.275 e. The molecule has 1 fully saturated rings. The number of pyridine rings is 2. The number of ether oxygens (including phenoxy) is 1. The summed E-state index contributed by atoms with van der Waals surface area (Å²) < 4.78 is 6.94. The minimum absolute atomic E-state index is 0.0924. The molecule has 0 saturated carbocycles. The van der Waals surface area contributed by atoms with Gasteiger partial charge in [0.05, 0.1) is 29.5 Å². The van der Waals surface area contributed by atoms with Gasteiger partial charge in [0.1, 0.15) is 5.52 Å². The van der Waals surface area contributed by atoms with Gasteiger partial charge in [-0.25, -0.2) is 0 Å². The van der Waals surface area contributed by atoms with Gasteiger partial charge in [0, 0.05) is 48.7 Å². The predicted octanol–water partition coefficient (Wildman–Crippen LogP) is 3.40. The Hall–Kier alpha value is -2.90. The Morgan fingerprint density at radius 2 is 2.10 bits per heavy atom. The summed E-state index contributed by atoms with van der Waals surface area (Å²) in [5.74, 6) is -0.150. The molecule has 1 aliphatic rings. The van der Waals surface area contributed by atoms with Crippen molar-refractivity contribution in [2.24, 2.45) is 0 Å². The Bertz CT molecular complexity index is 1190. The number of nitrogens with one attached hydrogen (secondary N) is 1. The lowest BCUT2D eigenvalue weighted by molar-refractivity contribution is 0.0302. The first-order valence-corrected chi connectivity index (χ1v) is 10.2. The second-order valence-corrected chi connectivity index (χ2v) is 7.67. The number of carbonyl (C=O) groups excluding carboxylic acids is 1. The molecule has 30 heavy (non-hydrogen) atoms. The van der Waals surface area contributed by atoms with Crippen molar-refractivity contribution in [1.82, 2.24) is 19.4 Å². The molecule has 4 heterocycles. The van der Waals surface area contributed by atoms with E-state index in [2.05, 4.69) is 9.97 Å². The quantitative estimate of drug-likeness (QED) is 0.648. The van der Waals surface area contributed by atoms with Crippen LogP contribution in [-0.4, -0.2) is 51.6 Å². The van der Waals surface area contributed by atoms with Gasteiger partial charge in [-0.1, -0.05) is 23.8 Å². The zero-order chi connectivity index (χ0) is 21.3. The van der Waals surface area contributed by atoms with Gasteiger partial charge >= 0.3 is 0 Å². The number of hydrogen-bond donors (Lipinski definition) is 1. The van der Waals surface area contributed by atoms with Crippen LogP contribution in [0, 0.1) is 6.92 Å². The van der Waals surface area contributed by atoms with Crippen molar-refractivity contribution in [3.63, 3.8) is 0 Å². The van der Waals surface area contributed by atoms with E-state index in [-0.39, 0.29) is 11.5 Å². The Kier molecular flexibility index (Phi) is 5.74. The summed E-state index contributed by atoms with van der Waals surface area (Å²) in [5.41, 5.74) is 3.08. The summed E-state index contributed by atoms with van der Waals surface area (Å²) in [5, 5.41) is 1.12. The maximum atomic E-state index is 12.8. The van der Waals surface area contributed by atoms with Gasteiger partial charge in [-0.2, -0.15) is 0 Å². The van der Waals surface area contributed by atoms with Crippen LogP contribution in [0.1, 0.15) is 23.0 Å². The van der Waals surface area contributed by atoms with E-state index in [9.17, 15) is 9.59 Å². The number of nitrogens with zero attached hydrogens (tertiary/aromatic N) is 3. The molecule has 0 spiro atoms. The molecule has 1 N–H and O–H groups in total. The third kappa shape index (κ3) is 3.78. The van der Waals surface area contributed by atoms with Crippen LogP contribution in [0.5, 0.6) is 0 Å². The number of hydrogen-bond acceptors (Lipinski definition) is 4. The molecular weight excluding hydrogens is 404 g/mol. The second-order valence-electron chi connectivity index (χ2n) is 7.26. The van der Waals surface area contributed by atoms with Crippen molar-refractivity contribution in [3.8, 4) is 11.3 Å². The topological polar surface area (TPSA) is 80.2 Å². The van der Waals surface area contributed by atoms with Crippen LogP contribution in [0.25, 0.3) is 22.2 Å². The Balaban J connectivity index is 1.78. The second kappa shape index (κ2) is 8.45. The largest absolute Gasteiger partial charge is 0.378 e. The van der Waals surface area contributed by atoms with Gasteiger partial charge in [0.15, 0.2) is 0 Å². The minimum atomic E-state index is -0.150. The average molecular weight is 427 g/mol. The van der Waals surface area contributed by atoms with Gasteiger partial charge in [0.25, 0.3) is 11.5 Å². The molecule has 0 bridgehead atoms. The number of H-pyrrole nitrogens is 1. The van der Waals surface area contributed by atoms with Gasteiger partial charge in [0.2, 0.25) is 0 Å². The van der Waals surface area contributed by atoms with Crippen molar-refractivity contribution >= 4 is 28.4 Å². The Morgan fingerprint density at radius 3 is 2.80 bits per heavy atom. The molecule has 7 nitrogen and oxygen atoms in total. The van der Waals surface area contributed by atoms with E-state index in [4.69, 9.17) is 16.3 Å². The summed E-state index contributed by atoms with van der Waals surface area (Å²) in [6.07, 6.45) is 7.12. The summed E-state index contributed by atoms with van der Waals surface area (Å²) >= 11 is 6.50. The van der Waals surface area contributed by atoms with Gasteiger partial charge in [-0.05, 0) is 26.0 Å². The van der Waals surface area contributed by atoms with Crippen LogP contribution < -0.4 is 5.56 Å². The SMILES string of the molecule is CC=CCn1cc(-c2cc(Cl)c(C(=O)N3CCOCC3)cn2)c2cc(C)[nH]c2c1=O. The minimum Gasteiger partial charge on any atom is -0.378 e. The molecule has 0 aliphatic carbocycles. The normalized spacial score (nSPS) is 14.7. The third-order valence-electron chi connectivity index (χ3n) is 5.20. The van der Waals surface area contributed by atoms with Crippen LogP contribution in [0.2, 0.25) is 5.02 Å². The number of morpholine rings is 1. The van der Waals surface area contributed by atoms with E-state index < -0.39 is 0 Å². The van der Waals surface area contributed by atoms with Crippen LogP contribution >= 0.6 is 11.6 Å². The zero-order valence-electron chi connectivity index (χ0n) is 16.9. The van der Waals surface area contributed by atoms with Gasteiger partial charge in [-0.15, -0.1) is 0 Å². The van der Waals surface area contributed by atoms with Crippen LogP contribution in [-0.2, 0) is 11.3 Å². The van der Waals surface area contributed by atoms with Gasteiger partial charge < -0.3 is 19.2 Å². The molecule has 4 rings (SSSR count). The van der Waals surface area contributed by atoms with Crippen LogP contribution in [0.3, 0.4) is 0 Å². The summed E-state index contributed by atoms with van der Waals surface area (Å²) in [4.78, 5) is 35.0. The number of aromatic nitrogens is 3. The summed E-state index contributed by atoms with van der Waals surface area (Å²) in [7, 11) is 0. The van der Waals surface area contributed by atoms with E-state index in [0.29, 0.717) is 54.6 Å². The van der Waals surface area contributed by atoms with Crippen molar-refractivity contribution < 1.29 is 9.53 Å². The molecule has 3 aromatic heterocycles. The molecule has 1 amide bonds. The van der Waals surface area contributed by atoms with Gasteiger partial charge in [-0.3, -0.25) is 14.6 Å².